The molecule has 5 heteroatoms. The van der Waals surface area contributed by atoms with Crippen LogP contribution in [0.2, 0.25) is 0 Å². The number of para-hydroxylation sites is 1. The van der Waals surface area contributed by atoms with Crippen LogP contribution >= 0.6 is 0 Å². The second-order valence-corrected chi connectivity index (χ2v) is 14.1. The van der Waals surface area contributed by atoms with Gasteiger partial charge in [-0.15, -0.1) is 0 Å². The molecule has 262 valence electrons. The second kappa shape index (κ2) is 13.0. The Balaban J connectivity index is 1.06. The van der Waals surface area contributed by atoms with Gasteiger partial charge in [0.2, 0.25) is 5.95 Å². The quantitative estimate of drug-likeness (QED) is 0.172. The average molecular weight is 717 g/mol. The maximum atomic E-state index is 6.44. The molecule has 11 rings (SSSR count). The fraction of sp³-hybridized carbons (Fsp3) is 0. The molecule has 0 aliphatic heterocycles. The van der Waals surface area contributed by atoms with Crippen LogP contribution in [0, 0.1) is 0 Å². The lowest BCUT2D eigenvalue weighted by Crippen LogP contribution is -2.06. The smallest absolute Gasteiger partial charge is 0.238 e. The van der Waals surface area contributed by atoms with Gasteiger partial charge in [0, 0.05) is 32.7 Å². The maximum absolute atomic E-state index is 6.44. The Labute approximate surface area is 322 Å². The molecule has 0 saturated heterocycles. The van der Waals surface area contributed by atoms with Crippen LogP contribution in [0.3, 0.4) is 0 Å². The molecule has 0 bridgehead atoms. The van der Waals surface area contributed by atoms with Gasteiger partial charge in [-0.25, -0.2) is 4.98 Å². The van der Waals surface area contributed by atoms with Crippen LogP contribution in [-0.4, -0.2) is 19.5 Å². The van der Waals surface area contributed by atoms with Gasteiger partial charge in [0.1, 0.15) is 11.2 Å². The number of aromatic nitrogens is 4. The van der Waals surface area contributed by atoms with Crippen molar-refractivity contribution in [2.45, 2.75) is 0 Å². The van der Waals surface area contributed by atoms with E-state index >= 15 is 0 Å². The predicted molar refractivity (Wildman–Crippen MR) is 229 cm³/mol. The monoisotopic (exact) mass is 716 g/mol. The van der Waals surface area contributed by atoms with E-state index in [1.165, 1.54) is 11.1 Å². The van der Waals surface area contributed by atoms with E-state index in [9.17, 15) is 0 Å². The van der Waals surface area contributed by atoms with Crippen molar-refractivity contribution in [2.75, 3.05) is 0 Å². The Morgan fingerprint density at radius 3 is 1.50 bits per heavy atom. The topological polar surface area (TPSA) is 56.7 Å². The summed E-state index contributed by atoms with van der Waals surface area (Å²) in [6, 6.07) is 67.5. The SMILES string of the molecule is c1ccc(-c2ccc(-c3nc(-c4ccccc4)nc(-n4c5ccccc5c5ccc(-c6ccc7c(c6)oc6ccc(-c8ccccc8)cc67)cc54)n3)cc2)cc1. The first-order valence-electron chi connectivity index (χ1n) is 18.8. The third kappa shape index (κ3) is 5.45. The second-order valence-electron chi connectivity index (χ2n) is 14.1. The van der Waals surface area contributed by atoms with E-state index in [0.29, 0.717) is 17.6 Å². The zero-order valence-electron chi connectivity index (χ0n) is 30.2. The van der Waals surface area contributed by atoms with Gasteiger partial charge in [0.15, 0.2) is 11.6 Å². The highest BCUT2D eigenvalue weighted by atomic mass is 16.3. The van der Waals surface area contributed by atoms with Gasteiger partial charge < -0.3 is 4.42 Å². The van der Waals surface area contributed by atoms with E-state index in [2.05, 4.69) is 156 Å². The van der Waals surface area contributed by atoms with Gasteiger partial charge in [-0.2, -0.15) is 9.97 Å². The van der Waals surface area contributed by atoms with Crippen molar-refractivity contribution >= 4 is 43.7 Å². The minimum absolute atomic E-state index is 0.561. The summed E-state index contributed by atoms with van der Waals surface area (Å²) < 4.78 is 8.62. The third-order valence-electron chi connectivity index (χ3n) is 10.7. The lowest BCUT2D eigenvalue weighted by molar-refractivity contribution is 0.669. The van der Waals surface area contributed by atoms with Crippen molar-refractivity contribution in [1.82, 2.24) is 19.5 Å². The Kier molecular flexibility index (Phi) is 7.42. The number of fused-ring (bicyclic) bond motifs is 6. The van der Waals surface area contributed by atoms with Crippen molar-refractivity contribution < 1.29 is 4.42 Å². The van der Waals surface area contributed by atoms with E-state index in [4.69, 9.17) is 19.4 Å². The maximum Gasteiger partial charge on any atom is 0.238 e. The van der Waals surface area contributed by atoms with Gasteiger partial charge >= 0.3 is 0 Å². The third-order valence-corrected chi connectivity index (χ3v) is 10.7. The molecule has 5 nitrogen and oxygen atoms in total. The molecule has 0 unspecified atom stereocenters. The van der Waals surface area contributed by atoms with Crippen LogP contribution in [-0.2, 0) is 0 Å². The van der Waals surface area contributed by atoms with E-state index in [1.54, 1.807) is 0 Å². The van der Waals surface area contributed by atoms with Crippen LogP contribution in [0.4, 0.5) is 0 Å². The van der Waals surface area contributed by atoms with Crippen molar-refractivity contribution in [3.63, 3.8) is 0 Å². The van der Waals surface area contributed by atoms with Crippen molar-refractivity contribution in [3.05, 3.63) is 194 Å². The Morgan fingerprint density at radius 2 is 0.786 bits per heavy atom. The molecule has 56 heavy (non-hydrogen) atoms. The first kappa shape index (κ1) is 31.9. The fourth-order valence-corrected chi connectivity index (χ4v) is 7.89. The number of furan rings is 1. The molecule has 3 aromatic heterocycles. The molecule has 0 radical (unpaired) electrons. The standard InChI is InChI=1S/C51H32N4O/c1-4-12-33(13-5-1)35-20-22-37(23-21-35)50-52-49(36-16-8-3-9-17-36)53-51(54-50)55-45-19-11-10-18-41(45)42-27-24-39(31-46(42)55)40-25-28-43-44-30-38(34-14-6-2-7-15-34)26-29-47(44)56-48(43)32-40/h1-32H. The van der Waals surface area contributed by atoms with E-state index in [0.717, 1.165) is 77.1 Å². The predicted octanol–water partition coefficient (Wildman–Crippen LogP) is 13.2. The Bertz CT molecular complexity index is 3220. The average Bonchev–Trinajstić information content (AvgIpc) is 3.82. The minimum Gasteiger partial charge on any atom is -0.456 e. The Hall–Kier alpha value is -7.63. The largest absolute Gasteiger partial charge is 0.456 e. The fourth-order valence-electron chi connectivity index (χ4n) is 7.89. The summed E-state index contributed by atoms with van der Waals surface area (Å²) in [6.45, 7) is 0. The molecule has 0 amide bonds. The lowest BCUT2D eigenvalue weighted by atomic mass is 10.0. The molecule has 11 aromatic rings. The number of benzene rings is 8. The van der Waals surface area contributed by atoms with E-state index < -0.39 is 0 Å². The van der Waals surface area contributed by atoms with Crippen LogP contribution in [0.5, 0.6) is 0 Å². The number of nitrogens with zero attached hydrogens (tertiary/aromatic N) is 4. The van der Waals surface area contributed by atoms with Crippen LogP contribution in [0.1, 0.15) is 0 Å². The van der Waals surface area contributed by atoms with Gasteiger partial charge in [-0.1, -0.05) is 158 Å². The minimum atomic E-state index is 0.561. The molecule has 0 saturated carbocycles. The molecule has 3 heterocycles. The molecular weight excluding hydrogens is 685 g/mol. The molecular formula is C51H32N4O. The van der Waals surface area contributed by atoms with Gasteiger partial charge in [0.25, 0.3) is 0 Å². The molecule has 0 spiro atoms. The highest BCUT2D eigenvalue weighted by molar-refractivity contribution is 6.11. The lowest BCUT2D eigenvalue weighted by Gasteiger charge is -2.12. The van der Waals surface area contributed by atoms with Crippen LogP contribution < -0.4 is 0 Å². The van der Waals surface area contributed by atoms with Crippen molar-refractivity contribution in [2.24, 2.45) is 0 Å². The highest BCUT2D eigenvalue weighted by Crippen LogP contribution is 2.38. The first-order chi connectivity index (χ1) is 27.7. The van der Waals surface area contributed by atoms with E-state index in [1.807, 2.05) is 42.5 Å². The van der Waals surface area contributed by atoms with Gasteiger partial charge in [0.05, 0.1) is 11.0 Å². The molecule has 0 N–H and O–H groups in total. The van der Waals surface area contributed by atoms with Crippen LogP contribution in [0.25, 0.3) is 106 Å². The number of hydrogen-bond donors (Lipinski definition) is 0. The molecule has 0 atom stereocenters. The molecule has 0 fully saturated rings. The highest BCUT2D eigenvalue weighted by Gasteiger charge is 2.19. The molecule has 8 aromatic carbocycles. The Morgan fingerprint density at radius 1 is 0.304 bits per heavy atom. The first-order valence-corrected chi connectivity index (χ1v) is 18.8. The van der Waals surface area contributed by atoms with Crippen molar-refractivity contribution in [3.8, 4) is 62.1 Å². The van der Waals surface area contributed by atoms with Gasteiger partial charge in [-0.3, -0.25) is 4.57 Å². The summed E-state index contributed by atoms with van der Waals surface area (Å²) in [5, 5.41) is 4.46. The summed E-state index contributed by atoms with van der Waals surface area (Å²) in [5.41, 5.74) is 12.4. The zero-order valence-corrected chi connectivity index (χ0v) is 30.2. The van der Waals surface area contributed by atoms with Crippen molar-refractivity contribution in [1.29, 1.82) is 0 Å². The number of hydrogen-bond acceptors (Lipinski definition) is 4. The summed E-state index contributed by atoms with van der Waals surface area (Å²) in [4.78, 5) is 15.4. The molecule has 0 aliphatic rings. The summed E-state index contributed by atoms with van der Waals surface area (Å²) in [5.74, 6) is 1.79. The summed E-state index contributed by atoms with van der Waals surface area (Å²) in [6.07, 6.45) is 0. The summed E-state index contributed by atoms with van der Waals surface area (Å²) in [7, 11) is 0. The van der Waals surface area contributed by atoms with Gasteiger partial charge in [-0.05, 0) is 69.8 Å². The van der Waals surface area contributed by atoms with Crippen LogP contribution in [0.15, 0.2) is 199 Å². The normalized spacial score (nSPS) is 11.6. The van der Waals surface area contributed by atoms with E-state index in [-0.39, 0.29) is 0 Å². The summed E-state index contributed by atoms with van der Waals surface area (Å²) >= 11 is 0. The number of rotatable bonds is 6. The molecule has 0 aliphatic carbocycles. The zero-order chi connectivity index (χ0) is 37.0.